The summed E-state index contributed by atoms with van der Waals surface area (Å²) >= 11 is 0. The molecule has 0 fully saturated rings. The summed E-state index contributed by atoms with van der Waals surface area (Å²) < 4.78 is 3.54. The molecular weight excluding hydrogens is 516 g/mol. The highest BCUT2D eigenvalue weighted by Crippen LogP contribution is 2.38. The molecule has 4 heteroatoms. The lowest BCUT2D eigenvalue weighted by molar-refractivity contribution is 0.103. The number of carbonyl (C=O) groups excluding carboxylic acids is 1. The third-order valence-corrected chi connectivity index (χ3v) is 7.63. The van der Waals surface area contributed by atoms with E-state index in [-0.39, 0.29) is 11.3 Å². The summed E-state index contributed by atoms with van der Waals surface area (Å²) in [6, 6.07) is 47.1. The van der Waals surface area contributed by atoms with Crippen molar-refractivity contribution in [1.29, 1.82) is 0 Å². The van der Waals surface area contributed by atoms with Gasteiger partial charge in [-0.2, -0.15) is 0 Å². The summed E-state index contributed by atoms with van der Waals surface area (Å²) in [5.41, 5.74) is 8.27. The lowest BCUT2D eigenvalue weighted by Gasteiger charge is -2.11. The number of aromatic nitrogens is 2. The molecule has 7 rings (SSSR count). The molecule has 0 spiro atoms. The second-order valence-corrected chi connectivity index (χ2v) is 10.2. The Morgan fingerprint density at radius 3 is 1.60 bits per heavy atom. The summed E-state index contributed by atoms with van der Waals surface area (Å²) in [5, 5.41) is 0. The van der Waals surface area contributed by atoms with Crippen LogP contribution in [0.3, 0.4) is 0 Å². The first kappa shape index (κ1) is 25.2. The van der Waals surface area contributed by atoms with Crippen LogP contribution in [0.4, 0.5) is 0 Å². The van der Waals surface area contributed by atoms with Crippen LogP contribution in [0, 0.1) is 0 Å². The molecule has 42 heavy (non-hydrogen) atoms. The Labute approximate surface area is 243 Å². The fourth-order valence-electron chi connectivity index (χ4n) is 5.59. The van der Waals surface area contributed by atoms with E-state index in [9.17, 15) is 9.59 Å². The van der Waals surface area contributed by atoms with Gasteiger partial charge in [0.1, 0.15) is 5.69 Å². The highest BCUT2D eigenvalue weighted by atomic mass is 16.1. The maximum Gasteiger partial charge on any atom is 0.255 e. The molecule has 0 N–H and O–H groups in total. The maximum atomic E-state index is 14.4. The third kappa shape index (κ3) is 4.45. The number of rotatable bonds is 6. The summed E-state index contributed by atoms with van der Waals surface area (Å²) in [4.78, 5) is 27.6. The van der Waals surface area contributed by atoms with Gasteiger partial charge < -0.3 is 4.40 Å². The van der Waals surface area contributed by atoms with Crippen LogP contribution in [-0.4, -0.2) is 14.8 Å². The Bertz CT molecular complexity index is 2090. The fourth-order valence-corrected chi connectivity index (χ4v) is 5.59. The van der Waals surface area contributed by atoms with E-state index in [1.165, 1.54) is 0 Å². The van der Waals surface area contributed by atoms with E-state index in [1.807, 2.05) is 108 Å². The predicted octanol–water partition coefficient (Wildman–Crippen LogP) is 8.32. The number of carbonyl (C=O) groups is 1. The number of ketones is 1. The monoisotopic (exact) mass is 542 g/mol. The molecule has 3 aromatic heterocycles. The molecule has 0 aliphatic heterocycles. The van der Waals surface area contributed by atoms with Crippen molar-refractivity contribution in [3.8, 4) is 39.1 Å². The van der Waals surface area contributed by atoms with Gasteiger partial charge in [0.15, 0.2) is 0 Å². The van der Waals surface area contributed by atoms with Crippen molar-refractivity contribution in [1.82, 2.24) is 8.97 Å². The SMILES string of the molecule is O=C(c1ccc(-c2ccccc2)cc1)c1c(-c2ccc(-c3ccccc3)cc2)c(-n2ccccc2=O)c2ccccn12. The minimum Gasteiger partial charge on any atom is -0.311 e. The molecule has 4 aromatic carbocycles. The van der Waals surface area contributed by atoms with Gasteiger partial charge in [0.25, 0.3) is 5.56 Å². The van der Waals surface area contributed by atoms with Gasteiger partial charge in [0.05, 0.1) is 11.2 Å². The number of fused-ring (bicyclic) bond motifs is 1. The maximum absolute atomic E-state index is 14.4. The molecule has 0 atom stereocenters. The van der Waals surface area contributed by atoms with Gasteiger partial charge in [-0.15, -0.1) is 0 Å². The lowest BCUT2D eigenvalue weighted by Crippen LogP contribution is -2.16. The quantitative estimate of drug-likeness (QED) is 0.198. The van der Waals surface area contributed by atoms with Crippen molar-refractivity contribution in [2.75, 3.05) is 0 Å². The summed E-state index contributed by atoms with van der Waals surface area (Å²) in [5.74, 6) is -0.117. The topological polar surface area (TPSA) is 43.5 Å². The first-order valence-electron chi connectivity index (χ1n) is 13.9. The van der Waals surface area contributed by atoms with Crippen LogP contribution < -0.4 is 5.56 Å². The fraction of sp³-hybridized carbons (Fsp3) is 0. The van der Waals surface area contributed by atoms with E-state index in [2.05, 4.69) is 36.4 Å². The Hall–Kier alpha value is -5.74. The zero-order valence-electron chi connectivity index (χ0n) is 22.7. The van der Waals surface area contributed by atoms with Crippen molar-refractivity contribution in [3.63, 3.8) is 0 Å². The molecule has 0 radical (unpaired) electrons. The number of pyridine rings is 2. The zero-order valence-corrected chi connectivity index (χ0v) is 22.7. The van der Waals surface area contributed by atoms with Crippen molar-refractivity contribution in [2.45, 2.75) is 0 Å². The number of nitrogens with zero attached hydrogens (tertiary/aromatic N) is 2. The van der Waals surface area contributed by atoms with E-state index in [0.29, 0.717) is 22.5 Å². The second kappa shape index (κ2) is 10.7. The van der Waals surface area contributed by atoms with Gasteiger partial charge in [-0.25, -0.2) is 0 Å². The van der Waals surface area contributed by atoms with Crippen molar-refractivity contribution >= 4 is 11.3 Å². The molecule has 3 heterocycles. The molecule has 0 saturated heterocycles. The smallest absolute Gasteiger partial charge is 0.255 e. The van der Waals surface area contributed by atoms with Crippen LogP contribution in [0.15, 0.2) is 163 Å². The number of hydrogen-bond acceptors (Lipinski definition) is 2. The van der Waals surface area contributed by atoms with E-state index in [4.69, 9.17) is 0 Å². The summed E-state index contributed by atoms with van der Waals surface area (Å²) in [6.45, 7) is 0. The Kier molecular flexibility index (Phi) is 6.42. The highest BCUT2D eigenvalue weighted by Gasteiger charge is 2.26. The van der Waals surface area contributed by atoms with Gasteiger partial charge in [-0.1, -0.05) is 121 Å². The van der Waals surface area contributed by atoms with Crippen molar-refractivity contribution < 1.29 is 4.79 Å². The molecule has 7 aromatic rings. The van der Waals surface area contributed by atoms with Crippen molar-refractivity contribution in [3.05, 3.63) is 180 Å². The van der Waals surface area contributed by atoms with Crippen molar-refractivity contribution in [2.24, 2.45) is 0 Å². The third-order valence-electron chi connectivity index (χ3n) is 7.63. The van der Waals surface area contributed by atoms with E-state index in [1.54, 1.807) is 22.9 Å². The number of benzene rings is 4. The molecule has 0 saturated carbocycles. The minimum absolute atomic E-state index is 0.117. The van der Waals surface area contributed by atoms with Gasteiger partial charge in [-0.05, 0) is 46.0 Å². The van der Waals surface area contributed by atoms with E-state index in [0.717, 1.165) is 33.3 Å². The van der Waals surface area contributed by atoms with Crippen LogP contribution in [0.2, 0.25) is 0 Å². The van der Waals surface area contributed by atoms with Gasteiger partial charge in [0.2, 0.25) is 5.78 Å². The molecule has 0 amide bonds. The first-order valence-corrected chi connectivity index (χ1v) is 13.9. The van der Waals surface area contributed by atoms with Crippen LogP contribution in [0.25, 0.3) is 44.6 Å². The molecule has 0 aliphatic rings. The van der Waals surface area contributed by atoms with Crippen LogP contribution in [0.5, 0.6) is 0 Å². The van der Waals surface area contributed by atoms with Crippen LogP contribution in [0.1, 0.15) is 16.1 Å². The molecule has 0 aliphatic carbocycles. The molecular formula is C38H26N2O2. The van der Waals surface area contributed by atoms with Gasteiger partial charge >= 0.3 is 0 Å². The van der Waals surface area contributed by atoms with E-state index < -0.39 is 0 Å². The molecule has 200 valence electrons. The Morgan fingerprint density at radius 2 is 0.976 bits per heavy atom. The largest absolute Gasteiger partial charge is 0.311 e. The summed E-state index contributed by atoms with van der Waals surface area (Å²) in [7, 11) is 0. The predicted molar refractivity (Wildman–Crippen MR) is 169 cm³/mol. The lowest BCUT2D eigenvalue weighted by atomic mass is 9.95. The normalized spacial score (nSPS) is 11.0. The zero-order chi connectivity index (χ0) is 28.5. The Morgan fingerprint density at radius 1 is 0.476 bits per heavy atom. The number of hydrogen-bond donors (Lipinski definition) is 0. The molecule has 4 nitrogen and oxygen atoms in total. The van der Waals surface area contributed by atoms with Crippen LogP contribution in [-0.2, 0) is 0 Å². The average molecular weight is 543 g/mol. The van der Waals surface area contributed by atoms with Gasteiger partial charge in [-0.3, -0.25) is 14.2 Å². The summed E-state index contributed by atoms with van der Waals surface area (Å²) in [6.07, 6.45) is 3.65. The van der Waals surface area contributed by atoms with Gasteiger partial charge in [0, 0.05) is 29.6 Å². The average Bonchev–Trinajstić information content (AvgIpc) is 3.40. The minimum atomic E-state index is -0.165. The first-order chi connectivity index (χ1) is 20.7. The molecule has 0 unspecified atom stereocenters. The van der Waals surface area contributed by atoms with E-state index >= 15 is 0 Å². The Balaban J connectivity index is 1.44. The van der Waals surface area contributed by atoms with Crippen LogP contribution >= 0.6 is 0 Å². The highest BCUT2D eigenvalue weighted by molar-refractivity contribution is 6.15. The standard InChI is InChI=1S/C38H26N2O2/c41-34-16-8-10-26-40(34)36-33-15-7-9-25-39(33)37(35(36)31-21-17-29(18-22-31)27-11-3-1-4-12-27)38(42)32-23-19-30(20-24-32)28-13-5-2-6-14-28/h1-26H. The second-order valence-electron chi connectivity index (χ2n) is 10.2. The molecule has 0 bridgehead atoms.